The van der Waals surface area contributed by atoms with Gasteiger partial charge in [-0.05, 0) is 48.7 Å². The molecule has 1 aromatic heterocycles. The van der Waals surface area contributed by atoms with Gasteiger partial charge in [0.1, 0.15) is 17.3 Å². The first-order chi connectivity index (χ1) is 15.3. The molecule has 0 aliphatic heterocycles. The minimum atomic E-state index is -4.60. The van der Waals surface area contributed by atoms with Crippen LogP contribution in [0.1, 0.15) is 35.7 Å². The number of amides is 1. The Bertz CT molecular complexity index is 1130. The number of pyridine rings is 1. The van der Waals surface area contributed by atoms with Crippen molar-refractivity contribution in [3.05, 3.63) is 58.5 Å². The van der Waals surface area contributed by atoms with Crippen molar-refractivity contribution in [3.8, 4) is 0 Å². The Labute approximate surface area is 189 Å². The number of hydrogen-bond acceptors (Lipinski definition) is 5. The van der Waals surface area contributed by atoms with Crippen LogP contribution in [-0.2, 0) is 27.5 Å². The summed E-state index contributed by atoms with van der Waals surface area (Å²) in [5.41, 5.74) is -0.192. The lowest BCUT2D eigenvalue weighted by Gasteiger charge is -2.12. The van der Waals surface area contributed by atoms with Gasteiger partial charge in [0.15, 0.2) is 0 Å². The van der Waals surface area contributed by atoms with E-state index >= 15 is 0 Å². The highest BCUT2D eigenvalue weighted by molar-refractivity contribution is 7.92. The summed E-state index contributed by atoms with van der Waals surface area (Å²) in [4.78, 5) is 15.8. The number of carbonyl (C=O) groups excluding carboxylic acids is 1. The van der Waals surface area contributed by atoms with Gasteiger partial charge in [-0.25, -0.2) is 17.8 Å². The van der Waals surface area contributed by atoms with E-state index in [1.165, 1.54) is 25.1 Å². The Kier molecular flexibility index (Phi) is 8.42. The third-order valence-electron chi connectivity index (χ3n) is 4.27. The lowest BCUT2D eigenvalue weighted by molar-refractivity contribution is -0.141. The normalized spacial score (nSPS) is 12.1. The molecule has 0 aliphatic carbocycles. The van der Waals surface area contributed by atoms with Crippen LogP contribution in [-0.4, -0.2) is 32.1 Å². The number of nitrogens with one attached hydrogen (secondary N) is 3. The maximum absolute atomic E-state index is 14.3. The lowest BCUT2D eigenvalue weighted by atomic mass is 10.1. The van der Waals surface area contributed by atoms with Crippen molar-refractivity contribution in [2.24, 2.45) is 0 Å². The standard InChI is InChI=1S/C21H24F4N4O3S/c1-4-9-26-20-15(5-7-17(28-20)21(23,24)25)6-8-18(30)27-12-14-10-13(2)19(16(22)11-14)29-33(3,31)32/h5-8,10-11,29H,4,9,12H2,1-3H3,(H,26,28)(H,27,30)/b8-6+. The second-order valence-corrected chi connectivity index (χ2v) is 9.00. The first kappa shape index (κ1) is 26.1. The Hall–Kier alpha value is -3.15. The maximum atomic E-state index is 14.3. The van der Waals surface area contributed by atoms with Crippen molar-refractivity contribution in [1.82, 2.24) is 10.3 Å². The van der Waals surface area contributed by atoms with Crippen LogP contribution in [0.3, 0.4) is 0 Å². The summed E-state index contributed by atoms with van der Waals surface area (Å²) in [5.74, 6) is -1.35. The summed E-state index contributed by atoms with van der Waals surface area (Å²) in [6.45, 7) is 3.71. The molecule has 0 unspecified atom stereocenters. The molecule has 180 valence electrons. The van der Waals surface area contributed by atoms with Gasteiger partial charge in [0.05, 0.1) is 11.9 Å². The van der Waals surface area contributed by atoms with E-state index < -0.39 is 33.6 Å². The zero-order chi connectivity index (χ0) is 24.8. The van der Waals surface area contributed by atoms with Crippen LogP contribution >= 0.6 is 0 Å². The van der Waals surface area contributed by atoms with Crippen molar-refractivity contribution < 1.29 is 30.8 Å². The van der Waals surface area contributed by atoms with Crippen LogP contribution in [0.15, 0.2) is 30.3 Å². The predicted molar refractivity (Wildman–Crippen MR) is 119 cm³/mol. The van der Waals surface area contributed by atoms with Crippen LogP contribution in [0.4, 0.5) is 29.1 Å². The van der Waals surface area contributed by atoms with E-state index in [0.717, 1.165) is 24.5 Å². The number of aromatic nitrogens is 1. The van der Waals surface area contributed by atoms with Crippen molar-refractivity contribution >= 4 is 33.5 Å². The van der Waals surface area contributed by atoms with E-state index in [1.54, 1.807) is 0 Å². The second kappa shape index (κ2) is 10.6. The first-order valence-corrected chi connectivity index (χ1v) is 11.7. The predicted octanol–water partition coefficient (Wildman–Crippen LogP) is 4.07. The summed E-state index contributed by atoms with van der Waals surface area (Å²) < 4.78 is 77.8. The van der Waals surface area contributed by atoms with Crippen LogP contribution in [0.5, 0.6) is 0 Å². The summed E-state index contributed by atoms with van der Waals surface area (Å²) in [5, 5.41) is 5.34. The molecule has 1 heterocycles. The number of anilines is 2. The van der Waals surface area contributed by atoms with E-state index in [2.05, 4.69) is 20.3 Å². The van der Waals surface area contributed by atoms with E-state index in [-0.39, 0.29) is 18.1 Å². The lowest BCUT2D eigenvalue weighted by Crippen LogP contribution is -2.21. The van der Waals surface area contributed by atoms with Gasteiger partial charge in [0.2, 0.25) is 15.9 Å². The third kappa shape index (κ3) is 8.04. The smallest absolute Gasteiger partial charge is 0.370 e. The molecule has 33 heavy (non-hydrogen) atoms. The van der Waals surface area contributed by atoms with E-state index in [4.69, 9.17) is 0 Å². The number of hydrogen-bond donors (Lipinski definition) is 3. The second-order valence-electron chi connectivity index (χ2n) is 7.25. The number of sulfonamides is 1. The average molecular weight is 489 g/mol. The molecular formula is C21H24F4N4O3S. The molecule has 0 bridgehead atoms. The molecule has 1 aromatic carbocycles. The van der Waals surface area contributed by atoms with Crippen LogP contribution in [0, 0.1) is 12.7 Å². The van der Waals surface area contributed by atoms with Crippen molar-refractivity contribution in [2.75, 3.05) is 22.8 Å². The molecule has 7 nitrogen and oxygen atoms in total. The third-order valence-corrected chi connectivity index (χ3v) is 4.85. The Balaban J connectivity index is 2.11. The number of rotatable bonds is 9. The van der Waals surface area contributed by atoms with E-state index in [1.807, 2.05) is 6.92 Å². The minimum absolute atomic E-state index is 0.00221. The topological polar surface area (TPSA) is 100 Å². The zero-order valence-electron chi connectivity index (χ0n) is 18.2. The van der Waals surface area contributed by atoms with Gasteiger partial charge < -0.3 is 10.6 Å². The quantitative estimate of drug-likeness (QED) is 0.365. The van der Waals surface area contributed by atoms with Crippen LogP contribution in [0.25, 0.3) is 6.08 Å². The monoisotopic (exact) mass is 488 g/mol. The molecule has 3 N–H and O–H groups in total. The van der Waals surface area contributed by atoms with Gasteiger partial charge in [0.25, 0.3) is 0 Å². The number of benzene rings is 1. The Morgan fingerprint density at radius 1 is 1.21 bits per heavy atom. The fourth-order valence-corrected chi connectivity index (χ4v) is 3.42. The van der Waals surface area contributed by atoms with Crippen molar-refractivity contribution in [1.29, 1.82) is 0 Å². The van der Waals surface area contributed by atoms with Crippen LogP contribution < -0.4 is 15.4 Å². The molecule has 2 aromatic rings. The Morgan fingerprint density at radius 2 is 1.91 bits per heavy atom. The molecule has 0 spiro atoms. The van der Waals surface area contributed by atoms with Crippen LogP contribution in [0.2, 0.25) is 0 Å². The molecule has 12 heteroatoms. The maximum Gasteiger partial charge on any atom is 0.433 e. The van der Waals surface area contributed by atoms with E-state index in [9.17, 15) is 30.8 Å². The zero-order valence-corrected chi connectivity index (χ0v) is 19.0. The molecule has 2 rings (SSSR count). The molecule has 0 saturated carbocycles. The highest BCUT2D eigenvalue weighted by atomic mass is 32.2. The fraction of sp³-hybridized carbons (Fsp3) is 0.333. The highest BCUT2D eigenvalue weighted by Gasteiger charge is 2.32. The number of carbonyl (C=O) groups is 1. The fourth-order valence-electron chi connectivity index (χ4n) is 2.79. The number of halogens is 4. The summed E-state index contributed by atoms with van der Waals surface area (Å²) in [7, 11) is -3.66. The molecule has 0 saturated heterocycles. The summed E-state index contributed by atoms with van der Waals surface area (Å²) in [6.07, 6.45) is -0.574. The molecule has 0 fully saturated rings. The van der Waals surface area contributed by atoms with Gasteiger partial charge in [-0.3, -0.25) is 9.52 Å². The summed E-state index contributed by atoms with van der Waals surface area (Å²) >= 11 is 0. The van der Waals surface area contributed by atoms with Gasteiger partial charge in [-0.2, -0.15) is 13.2 Å². The molecule has 0 aliphatic rings. The molecular weight excluding hydrogens is 464 g/mol. The van der Waals surface area contributed by atoms with Crippen molar-refractivity contribution in [3.63, 3.8) is 0 Å². The number of nitrogens with zero attached hydrogens (tertiary/aromatic N) is 1. The highest BCUT2D eigenvalue weighted by Crippen LogP contribution is 2.30. The van der Waals surface area contributed by atoms with Crippen molar-refractivity contribution in [2.45, 2.75) is 33.0 Å². The largest absolute Gasteiger partial charge is 0.433 e. The number of alkyl halides is 3. The minimum Gasteiger partial charge on any atom is -0.370 e. The molecule has 0 atom stereocenters. The Morgan fingerprint density at radius 3 is 2.48 bits per heavy atom. The van der Waals surface area contributed by atoms with E-state index in [0.29, 0.717) is 29.7 Å². The number of aryl methyl sites for hydroxylation is 1. The van der Waals surface area contributed by atoms with Gasteiger partial charge >= 0.3 is 6.18 Å². The SMILES string of the molecule is CCCNc1nc(C(F)(F)F)ccc1/C=C/C(=O)NCc1cc(C)c(NS(C)(=O)=O)c(F)c1. The van der Waals surface area contributed by atoms with Gasteiger partial charge in [0, 0.05) is 24.7 Å². The molecule has 1 amide bonds. The summed E-state index contributed by atoms with van der Waals surface area (Å²) in [6, 6.07) is 4.65. The first-order valence-electron chi connectivity index (χ1n) is 9.85. The molecule has 0 radical (unpaired) electrons. The van der Waals surface area contributed by atoms with Gasteiger partial charge in [-0.1, -0.05) is 13.0 Å². The van der Waals surface area contributed by atoms with Gasteiger partial charge in [-0.15, -0.1) is 0 Å². The average Bonchev–Trinajstić information content (AvgIpc) is 2.70.